The Labute approximate surface area is 202 Å². The molecule has 0 bridgehead atoms. The number of aromatic nitrogens is 2. The summed E-state index contributed by atoms with van der Waals surface area (Å²) >= 11 is 0. The SMILES string of the molecule is COCOc1cc(-c2c(F)cc3cnc(OCC4(CN(C)C)CC4)nc3c2F)c2ccccc2c1. The summed E-state index contributed by atoms with van der Waals surface area (Å²) < 4.78 is 47.7. The Morgan fingerprint density at radius 2 is 1.83 bits per heavy atom. The molecule has 0 amide bonds. The van der Waals surface area contributed by atoms with Crippen molar-refractivity contribution < 1.29 is 23.0 Å². The van der Waals surface area contributed by atoms with Crippen molar-refractivity contribution in [1.29, 1.82) is 0 Å². The van der Waals surface area contributed by atoms with Crippen LogP contribution in [0.15, 0.2) is 48.7 Å². The molecular formula is C27H27F2N3O3. The summed E-state index contributed by atoms with van der Waals surface area (Å²) in [5.74, 6) is -1.03. The zero-order valence-electron chi connectivity index (χ0n) is 20.0. The molecule has 0 aliphatic heterocycles. The van der Waals surface area contributed by atoms with E-state index in [4.69, 9.17) is 14.2 Å². The van der Waals surface area contributed by atoms with E-state index in [1.807, 2.05) is 44.4 Å². The van der Waals surface area contributed by atoms with Crippen molar-refractivity contribution in [3.63, 3.8) is 0 Å². The maximum absolute atomic E-state index is 15.9. The van der Waals surface area contributed by atoms with Crippen molar-refractivity contribution in [2.75, 3.05) is 41.1 Å². The number of halogens is 2. The molecule has 1 aromatic heterocycles. The van der Waals surface area contributed by atoms with Gasteiger partial charge in [-0.1, -0.05) is 24.3 Å². The number of hydrogen-bond donors (Lipinski definition) is 0. The van der Waals surface area contributed by atoms with Gasteiger partial charge in [-0.2, -0.15) is 4.98 Å². The molecule has 4 aromatic rings. The van der Waals surface area contributed by atoms with Gasteiger partial charge in [0.05, 0.1) is 12.2 Å². The van der Waals surface area contributed by atoms with E-state index < -0.39 is 11.6 Å². The Kier molecular flexibility index (Phi) is 6.25. The first-order chi connectivity index (χ1) is 16.9. The van der Waals surface area contributed by atoms with E-state index in [0.717, 1.165) is 24.8 Å². The van der Waals surface area contributed by atoms with Gasteiger partial charge in [0, 0.05) is 30.7 Å². The predicted molar refractivity (Wildman–Crippen MR) is 131 cm³/mol. The van der Waals surface area contributed by atoms with E-state index in [2.05, 4.69) is 14.9 Å². The van der Waals surface area contributed by atoms with E-state index in [1.54, 1.807) is 6.07 Å². The smallest absolute Gasteiger partial charge is 0.317 e. The minimum atomic E-state index is -0.768. The van der Waals surface area contributed by atoms with Gasteiger partial charge in [-0.05, 0) is 61.5 Å². The van der Waals surface area contributed by atoms with Crippen molar-refractivity contribution in [3.05, 3.63) is 60.3 Å². The fraction of sp³-hybridized carbons (Fsp3) is 0.333. The van der Waals surface area contributed by atoms with Gasteiger partial charge < -0.3 is 19.1 Å². The molecule has 1 heterocycles. The summed E-state index contributed by atoms with van der Waals surface area (Å²) in [6.45, 7) is 1.37. The fourth-order valence-electron chi connectivity index (χ4n) is 4.52. The number of nitrogens with zero attached hydrogens (tertiary/aromatic N) is 3. The number of methoxy groups -OCH3 is 1. The van der Waals surface area contributed by atoms with Gasteiger partial charge in [0.2, 0.25) is 0 Å². The third kappa shape index (κ3) is 4.76. The second-order valence-corrected chi connectivity index (χ2v) is 9.41. The Morgan fingerprint density at radius 1 is 1.03 bits per heavy atom. The van der Waals surface area contributed by atoms with Crippen LogP contribution >= 0.6 is 0 Å². The monoisotopic (exact) mass is 479 g/mol. The molecule has 35 heavy (non-hydrogen) atoms. The quantitative estimate of drug-likeness (QED) is 0.298. The van der Waals surface area contributed by atoms with Crippen molar-refractivity contribution >= 4 is 21.7 Å². The lowest BCUT2D eigenvalue weighted by Gasteiger charge is -2.19. The number of ether oxygens (including phenoxy) is 3. The van der Waals surface area contributed by atoms with Crippen molar-refractivity contribution in [1.82, 2.24) is 14.9 Å². The maximum Gasteiger partial charge on any atom is 0.317 e. The summed E-state index contributed by atoms with van der Waals surface area (Å²) in [6.07, 6.45) is 3.53. The zero-order valence-corrected chi connectivity index (χ0v) is 20.0. The molecule has 0 saturated heterocycles. The van der Waals surface area contributed by atoms with Crippen LogP contribution < -0.4 is 9.47 Å². The largest absolute Gasteiger partial charge is 0.468 e. The van der Waals surface area contributed by atoms with E-state index in [1.165, 1.54) is 19.4 Å². The summed E-state index contributed by atoms with van der Waals surface area (Å²) in [5.41, 5.74) is 0.286. The number of hydrogen-bond acceptors (Lipinski definition) is 6. The van der Waals surface area contributed by atoms with Crippen molar-refractivity contribution in [2.45, 2.75) is 12.8 Å². The molecule has 6 nitrogen and oxygen atoms in total. The van der Waals surface area contributed by atoms with Crippen molar-refractivity contribution in [3.8, 4) is 22.9 Å². The summed E-state index contributed by atoms with van der Waals surface area (Å²) in [4.78, 5) is 10.6. The highest BCUT2D eigenvalue weighted by Gasteiger charge is 2.44. The Balaban J connectivity index is 1.56. The average Bonchev–Trinajstić information content (AvgIpc) is 3.60. The zero-order chi connectivity index (χ0) is 24.6. The lowest BCUT2D eigenvalue weighted by molar-refractivity contribution is 0.0512. The summed E-state index contributed by atoms with van der Waals surface area (Å²) in [6, 6.07) is 12.1. The molecule has 1 aliphatic carbocycles. The van der Waals surface area contributed by atoms with Gasteiger partial charge in [-0.15, -0.1) is 0 Å². The Morgan fingerprint density at radius 3 is 2.57 bits per heavy atom. The minimum Gasteiger partial charge on any atom is -0.468 e. The second-order valence-electron chi connectivity index (χ2n) is 9.41. The van der Waals surface area contributed by atoms with Crippen LogP contribution in [0.2, 0.25) is 0 Å². The van der Waals surface area contributed by atoms with Crippen LogP contribution in [0.3, 0.4) is 0 Å². The Bertz CT molecular complexity index is 1390. The minimum absolute atomic E-state index is 0.0103. The highest BCUT2D eigenvalue weighted by atomic mass is 19.1. The molecule has 5 rings (SSSR count). The molecule has 0 radical (unpaired) electrons. The summed E-state index contributed by atoms with van der Waals surface area (Å²) in [5, 5.41) is 1.75. The number of benzene rings is 3. The molecule has 3 aromatic carbocycles. The lowest BCUT2D eigenvalue weighted by atomic mass is 9.96. The normalized spacial score (nSPS) is 14.6. The fourth-order valence-corrected chi connectivity index (χ4v) is 4.52. The molecule has 8 heteroatoms. The van der Waals surface area contributed by atoms with Crippen LogP contribution in [0.4, 0.5) is 8.78 Å². The van der Waals surface area contributed by atoms with E-state index in [9.17, 15) is 0 Å². The molecule has 0 atom stereocenters. The number of fused-ring (bicyclic) bond motifs is 2. The van der Waals surface area contributed by atoms with Gasteiger partial charge >= 0.3 is 6.01 Å². The molecule has 182 valence electrons. The third-order valence-electron chi connectivity index (χ3n) is 6.31. The Hall–Kier alpha value is -3.36. The number of rotatable bonds is 9. The topological polar surface area (TPSA) is 56.7 Å². The van der Waals surface area contributed by atoms with Crippen LogP contribution in [0, 0.1) is 17.0 Å². The summed E-state index contributed by atoms with van der Waals surface area (Å²) in [7, 11) is 5.56. The van der Waals surface area contributed by atoms with E-state index in [-0.39, 0.29) is 34.7 Å². The lowest BCUT2D eigenvalue weighted by Crippen LogP contribution is -2.27. The van der Waals surface area contributed by atoms with Crippen LogP contribution in [0.1, 0.15) is 12.8 Å². The third-order valence-corrected chi connectivity index (χ3v) is 6.31. The highest BCUT2D eigenvalue weighted by Crippen LogP contribution is 2.46. The predicted octanol–water partition coefficient (Wildman–Crippen LogP) is 5.43. The van der Waals surface area contributed by atoms with Gasteiger partial charge in [-0.3, -0.25) is 0 Å². The van der Waals surface area contributed by atoms with E-state index >= 15 is 8.78 Å². The average molecular weight is 480 g/mol. The standard InChI is InChI=1S/C27H27F2N3O3/c1-32(2)14-27(8-9-27)15-34-26-30-13-18-11-22(28)23(24(29)25(18)31-26)21-12-19(35-16-33-3)10-17-6-4-5-7-20(17)21/h4-7,10-13H,8-9,14-16H2,1-3H3. The first-order valence-corrected chi connectivity index (χ1v) is 11.5. The molecule has 0 unspecified atom stereocenters. The molecule has 1 saturated carbocycles. The second kappa shape index (κ2) is 9.36. The van der Waals surface area contributed by atoms with E-state index in [0.29, 0.717) is 23.3 Å². The van der Waals surface area contributed by atoms with Crippen LogP contribution in [0.5, 0.6) is 11.8 Å². The van der Waals surface area contributed by atoms with Crippen LogP contribution in [-0.4, -0.2) is 56.0 Å². The molecular weight excluding hydrogens is 452 g/mol. The molecule has 0 spiro atoms. The van der Waals surface area contributed by atoms with Gasteiger partial charge in [0.1, 0.15) is 17.1 Å². The first-order valence-electron chi connectivity index (χ1n) is 11.5. The molecule has 1 fully saturated rings. The van der Waals surface area contributed by atoms with Gasteiger partial charge in [-0.25, -0.2) is 13.8 Å². The molecule has 1 aliphatic rings. The van der Waals surface area contributed by atoms with Crippen molar-refractivity contribution in [2.24, 2.45) is 5.41 Å². The molecule has 0 N–H and O–H groups in total. The first kappa shape index (κ1) is 23.4. The van der Waals surface area contributed by atoms with Gasteiger partial charge in [0.15, 0.2) is 12.6 Å². The maximum atomic E-state index is 15.9. The van der Waals surface area contributed by atoms with Gasteiger partial charge in [0.25, 0.3) is 0 Å². The van der Waals surface area contributed by atoms with Crippen LogP contribution in [0.25, 0.3) is 32.8 Å². The highest BCUT2D eigenvalue weighted by molar-refractivity contribution is 6.00. The van der Waals surface area contributed by atoms with Crippen LogP contribution in [-0.2, 0) is 4.74 Å².